The summed E-state index contributed by atoms with van der Waals surface area (Å²) in [6.45, 7) is 2.60. The van der Waals surface area contributed by atoms with E-state index in [-0.39, 0.29) is 24.1 Å². The minimum atomic E-state index is -0.545. The molecule has 2 unspecified atom stereocenters. The number of nitrogens with one attached hydrogen (secondary N) is 2. The number of rotatable bonds is 3. The molecule has 3 amide bonds. The van der Waals surface area contributed by atoms with Gasteiger partial charge in [0.25, 0.3) is 5.91 Å². The van der Waals surface area contributed by atoms with Crippen LogP contribution in [0.15, 0.2) is 23.1 Å². The van der Waals surface area contributed by atoms with Crippen LogP contribution in [0.2, 0.25) is 0 Å². The minimum absolute atomic E-state index is 0.107. The van der Waals surface area contributed by atoms with Gasteiger partial charge in [-0.2, -0.15) is 0 Å². The highest BCUT2D eigenvalue weighted by molar-refractivity contribution is 8.00. The van der Waals surface area contributed by atoms with Crippen molar-refractivity contribution in [1.82, 2.24) is 15.5 Å². The maximum absolute atomic E-state index is 12.7. The van der Waals surface area contributed by atoms with Crippen LogP contribution in [0.5, 0.6) is 0 Å². The van der Waals surface area contributed by atoms with E-state index < -0.39 is 6.04 Å². The normalized spacial score (nSPS) is 26.5. The lowest BCUT2D eigenvalue weighted by Gasteiger charge is -2.29. The molecule has 0 spiro atoms. The fourth-order valence-electron chi connectivity index (χ4n) is 3.92. The van der Waals surface area contributed by atoms with Gasteiger partial charge in [-0.1, -0.05) is 0 Å². The van der Waals surface area contributed by atoms with Gasteiger partial charge in [-0.3, -0.25) is 19.7 Å². The molecule has 1 aromatic rings. The molecule has 0 saturated carbocycles. The molecule has 4 rings (SSSR count). The van der Waals surface area contributed by atoms with Gasteiger partial charge in [0, 0.05) is 28.7 Å². The van der Waals surface area contributed by atoms with Crippen molar-refractivity contribution in [1.29, 1.82) is 0 Å². The highest BCUT2D eigenvalue weighted by Gasteiger charge is 2.39. The van der Waals surface area contributed by atoms with Gasteiger partial charge in [-0.25, -0.2) is 0 Å². The van der Waals surface area contributed by atoms with Crippen molar-refractivity contribution in [3.8, 4) is 0 Å². The van der Waals surface area contributed by atoms with E-state index in [1.165, 1.54) is 17.7 Å². The zero-order valence-corrected chi connectivity index (χ0v) is 15.4. The largest absolute Gasteiger partial charge is 0.322 e. The zero-order chi connectivity index (χ0) is 18.1. The number of carbonyl (C=O) groups is 3. The molecular weight excluding hydrogens is 350 g/mol. The molecule has 2 fully saturated rings. The van der Waals surface area contributed by atoms with Crippen LogP contribution in [-0.2, 0) is 16.1 Å². The van der Waals surface area contributed by atoms with E-state index in [1.54, 1.807) is 4.90 Å². The molecule has 1 aromatic carbocycles. The number of imide groups is 1. The molecule has 3 heterocycles. The van der Waals surface area contributed by atoms with E-state index in [0.717, 1.165) is 25.1 Å². The molecule has 6 nitrogen and oxygen atoms in total. The van der Waals surface area contributed by atoms with Gasteiger partial charge in [0.1, 0.15) is 6.04 Å². The summed E-state index contributed by atoms with van der Waals surface area (Å²) in [5.74, 6) is -0.723. The molecule has 2 N–H and O–H groups in total. The van der Waals surface area contributed by atoms with Crippen LogP contribution in [0.25, 0.3) is 0 Å². The van der Waals surface area contributed by atoms with Gasteiger partial charge in [0.15, 0.2) is 0 Å². The smallest absolute Gasteiger partial charge is 0.255 e. The highest BCUT2D eigenvalue weighted by Crippen LogP contribution is 2.34. The SMILES string of the molecule is O=C1CCC(N2Cc3cc(SC4CCCNCC4)ccc3C2=O)C(=O)N1. The maximum atomic E-state index is 12.7. The molecule has 2 saturated heterocycles. The molecule has 2 atom stereocenters. The Kier molecular flexibility index (Phi) is 5.00. The molecule has 3 aliphatic heterocycles. The summed E-state index contributed by atoms with van der Waals surface area (Å²) in [6, 6.07) is 5.47. The minimum Gasteiger partial charge on any atom is -0.322 e. The second-order valence-electron chi connectivity index (χ2n) is 7.14. The zero-order valence-electron chi connectivity index (χ0n) is 14.6. The first-order valence-electron chi connectivity index (χ1n) is 9.27. The summed E-state index contributed by atoms with van der Waals surface area (Å²) in [7, 11) is 0. The Morgan fingerprint density at radius 2 is 1.96 bits per heavy atom. The third-order valence-corrected chi connectivity index (χ3v) is 6.65. The average molecular weight is 373 g/mol. The van der Waals surface area contributed by atoms with E-state index in [2.05, 4.69) is 16.7 Å². The molecular formula is C19H23N3O3S. The van der Waals surface area contributed by atoms with Crippen molar-refractivity contribution in [2.24, 2.45) is 0 Å². The number of thioether (sulfide) groups is 1. The van der Waals surface area contributed by atoms with Gasteiger partial charge in [0.05, 0.1) is 0 Å². The standard InChI is InChI=1S/C19H23N3O3S/c23-17-6-5-16(18(24)21-17)22-11-12-10-14(3-4-15(12)19(22)25)26-13-2-1-8-20-9-7-13/h3-4,10,13,16,20H,1-2,5-9,11H2,(H,21,23,24). The van der Waals surface area contributed by atoms with Crippen LogP contribution in [0.4, 0.5) is 0 Å². The van der Waals surface area contributed by atoms with E-state index in [0.29, 0.717) is 23.8 Å². The van der Waals surface area contributed by atoms with Crippen molar-refractivity contribution in [3.05, 3.63) is 29.3 Å². The topological polar surface area (TPSA) is 78.5 Å². The van der Waals surface area contributed by atoms with Gasteiger partial charge in [-0.15, -0.1) is 11.8 Å². The lowest BCUT2D eigenvalue weighted by molar-refractivity contribution is -0.136. The summed E-state index contributed by atoms with van der Waals surface area (Å²) >= 11 is 1.89. The fourth-order valence-corrected chi connectivity index (χ4v) is 5.18. The Morgan fingerprint density at radius 3 is 2.81 bits per heavy atom. The number of hydrogen-bond donors (Lipinski definition) is 2. The van der Waals surface area contributed by atoms with Crippen LogP contribution in [0.1, 0.15) is 48.0 Å². The third kappa shape index (κ3) is 3.50. The number of piperidine rings is 1. The lowest BCUT2D eigenvalue weighted by Crippen LogP contribution is -2.52. The predicted octanol–water partition coefficient (Wildman–Crippen LogP) is 1.68. The summed E-state index contributed by atoms with van der Waals surface area (Å²) in [5.41, 5.74) is 1.66. The summed E-state index contributed by atoms with van der Waals surface area (Å²) < 4.78 is 0. The molecule has 0 bridgehead atoms. The summed E-state index contributed by atoms with van der Waals surface area (Å²) in [5, 5.41) is 6.38. The number of hydrogen-bond acceptors (Lipinski definition) is 5. The van der Waals surface area contributed by atoms with Crippen molar-refractivity contribution < 1.29 is 14.4 Å². The van der Waals surface area contributed by atoms with Gasteiger partial charge in [-0.05, 0) is 62.5 Å². The quantitative estimate of drug-likeness (QED) is 0.788. The van der Waals surface area contributed by atoms with Gasteiger partial charge in [0.2, 0.25) is 11.8 Å². The first-order valence-corrected chi connectivity index (χ1v) is 10.1. The monoisotopic (exact) mass is 373 g/mol. The van der Waals surface area contributed by atoms with Gasteiger partial charge >= 0.3 is 0 Å². The Morgan fingerprint density at radius 1 is 1.08 bits per heavy atom. The third-order valence-electron chi connectivity index (χ3n) is 5.32. The molecule has 3 aliphatic rings. The van der Waals surface area contributed by atoms with E-state index >= 15 is 0 Å². The molecule has 7 heteroatoms. The van der Waals surface area contributed by atoms with Crippen molar-refractivity contribution >= 4 is 29.5 Å². The number of carbonyl (C=O) groups excluding carboxylic acids is 3. The average Bonchev–Trinajstić information content (AvgIpc) is 2.78. The van der Waals surface area contributed by atoms with Crippen LogP contribution in [-0.4, -0.2) is 47.0 Å². The van der Waals surface area contributed by atoms with Crippen LogP contribution in [0.3, 0.4) is 0 Å². The second-order valence-corrected chi connectivity index (χ2v) is 8.51. The molecule has 0 aliphatic carbocycles. The molecule has 26 heavy (non-hydrogen) atoms. The van der Waals surface area contributed by atoms with Crippen LogP contribution >= 0.6 is 11.8 Å². The Hall–Kier alpha value is -1.86. The first kappa shape index (κ1) is 17.5. The number of nitrogens with zero attached hydrogens (tertiary/aromatic N) is 1. The lowest BCUT2D eigenvalue weighted by atomic mass is 10.0. The Labute approximate surface area is 157 Å². The number of fused-ring (bicyclic) bond motifs is 1. The summed E-state index contributed by atoms with van der Waals surface area (Å²) in [6.07, 6.45) is 4.25. The maximum Gasteiger partial charge on any atom is 0.255 e. The molecule has 138 valence electrons. The van der Waals surface area contributed by atoms with Crippen molar-refractivity contribution in [2.75, 3.05) is 13.1 Å². The fraction of sp³-hybridized carbons (Fsp3) is 0.526. The number of benzene rings is 1. The second kappa shape index (κ2) is 7.40. The molecule has 0 aromatic heterocycles. The summed E-state index contributed by atoms with van der Waals surface area (Å²) in [4.78, 5) is 39.0. The first-order chi connectivity index (χ1) is 12.6. The predicted molar refractivity (Wildman–Crippen MR) is 98.9 cm³/mol. The Balaban J connectivity index is 1.47. The number of amides is 3. The van der Waals surface area contributed by atoms with Gasteiger partial charge < -0.3 is 10.2 Å². The molecule has 0 radical (unpaired) electrons. The van der Waals surface area contributed by atoms with E-state index in [9.17, 15) is 14.4 Å². The highest BCUT2D eigenvalue weighted by atomic mass is 32.2. The van der Waals surface area contributed by atoms with E-state index in [1.807, 2.05) is 23.9 Å². The van der Waals surface area contributed by atoms with Crippen molar-refractivity contribution in [2.45, 2.75) is 54.8 Å². The van der Waals surface area contributed by atoms with Crippen LogP contribution < -0.4 is 10.6 Å². The van der Waals surface area contributed by atoms with E-state index in [4.69, 9.17) is 0 Å². The van der Waals surface area contributed by atoms with Crippen LogP contribution in [0, 0.1) is 0 Å². The Bertz CT molecular complexity index is 744. The van der Waals surface area contributed by atoms with Crippen molar-refractivity contribution in [3.63, 3.8) is 0 Å².